The molecule has 1 aliphatic rings. The summed E-state index contributed by atoms with van der Waals surface area (Å²) in [6.07, 6.45) is 0. The minimum atomic E-state index is -0.445. The molecule has 1 fully saturated rings. The molecule has 0 spiro atoms. The van der Waals surface area contributed by atoms with Crippen LogP contribution in [0.4, 0.5) is 5.69 Å². The van der Waals surface area contributed by atoms with Crippen LogP contribution in [-0.4, -0.2) is 55.3 Å². The van der Waals surface area contributed by atoms with E-state index in [0.29, 0.717) is 31.1 Å². The van der Waals surface area contributed by atoms with Crippen molar-refractivity contribution in [3.63, 3.8) is 0 Å². The maximum atomic E-state index is 12.4. The number of benzene rings is 1. The predicted octanol–water partition coefficient (Wildman–Crippen LogP) is -0.0664. The van der Waals surface area contributed by atoms with E-state index in [1.807, 2.05) is 0 Å². The van der Waals surface area contributed by atoms with E-state index in [0.717, 1.165) is 13.1 Å². The number of hydrazone groups is 1. The van der Waals surface area contributed by atoms with Crippen LogP contribution < -0.4 is 16.5 Å². The lowest BCUT2D eigenvalue weighted by molar-refractivity contribution is 0.0334. The summed E-state index contributed by atoms with van der Waals surface area (Å²) in [5, 5.41) is 22.7. The van der Waals surface area contributed by atoms with E-state index in [1.165, 1.54) is 0 Å². The number of hydrogen-bond donors (Lipinski definition) is 4. The van der Waals surface area contributed by atoms with Gasteiger partial charge in [-0.25, -0.2) is 0 Å². The van der Waals surface area contributed by atoms with Crippen molar-refractivity contribution in [2.24, 2.45) is 10.8 Å². The molecular weight excluding hydrogens is 310 g/mol. The smallest absolute Gasteiger partial charge is 0.254 e. The topological polar surface area (TPSA) is 140 Å². The number of amides is 1. The van der Waals surface area contributed by atoms with Gasteiger partial charge in [-0.15, -0.1) is 0 Å². The minimum Gasteiger partial charge on any atom is -0.382 e. The van der Waals surface area contributed by atoms with Crippen LogP contribution in [0.5, 0.6) is 0 Å². The fourth-order valence-corrected chi connectivity index (χ4v) is 2.08. The first-order chi connectivity index (χ1) is 11.6. The minimum absolute atomic E-state index is 0.251. The first kappa shape index (κ1) is 17.4. The molecular formula is C15H19N7O2. The average molecular weight is 329 g/mol. The molecule has 24 heavy (non-hydrogen) atoms. The number of para-hydroxylation sites is 1. The number of ether oxygens (including phenoxy) is 1. The summed E-state index contributed by atoms with van der Waals surface area (Å²) in [5.41, 5.74) is 8.40. The Bertz CT molecular complexity index is 675. The van der Waals surface area contributed by atoms with E-state index in [9.17, 15) is 4.79 Å². The Morgan fingerprint density at radius 3 is 2.79 bits per heavy atom. The lowest BCUT2D eigenvalue weighted by atomic mass is 10.1. The molecule has 0 bridgehead atoms. The summed E-state index contributed by atoms with van der Waals surface area (Å²) in [7, 11) is 0. The van der Waals surface area contributed by atoms with Gasteiger partial charge in [-0.3, -0.25) is 20.5 Å². The van der Waals surface area contributed by atoms with E-state index in [1.54, 1.807) is 30.3 Å². The van der Waals surface area contributed by atoms with E-state index >= 15 is 0 Å². The molecule has 0 unspecified atom stereocenters. The van der Waals surface area contributed by atoms with Crippen molar-refractivity contribution >= 4 is 23.1 Å². The van der Waals surface area contributed by atoms with Crippen LogP contribution in [0.3, 0.4) is 0 Å². The quantitative estimate of drug-likeness (QED) is 0.327. The number of nitrogens with two attached hydrogens (primary N) is 1. The number of amidine groups is 1. The highest BCUT2D eigenvalue weighted by molar-refractivity contribution is 6.45. The van der Waals surface area contributed by atoms with Gasteiger partial charge in [0.15, 0.2) is 5.84 Å². The summed E-state index contributed by atoms with van der Waals surface area (Å²) in [5.74, 6) is -0.708. The number of nitrogens with zero attached hydrogens (tertiary/aromatic N) is 3. The van der Waals surface area contributed by atoms with Gasteiger partial charge in [0.25, 0.3) is 5.91 Å². The maximum absolute atomic E-state index is 12.4. The molecule has 9 heteroatoms. The molecule has 5 N–H and O–H groups in total. The van der Waals surface area contributed by atoms with Gasteiger partial charge < -0.3 is 15.8 Å². The van der Waals surface area contributed by atoms with Gasteiger partial charge in [0.2, 0.25) is 5.71 Å². The maximum Gasteiger partial charge on any atom is 0.254 e. The fraction of sp³-hybridized carbons (Fsp3) is 0.333. The highest BCUT2D eigenvalue weighted by Crippen LogP contribution is 2.15. The molecule has 1 aromatic carbocycles. The third-order valence-corrected chi connectivity index (χ3v) is 3.39. The van der Waals surface area contributed by atoms with E-state index in [4.69, 9.17) is 21.1 Å². The molecule has 0 atom stereocenters. The summed E-state index contributed by atoms with van der Waals surface area (Å²) in [6, 6.07) is 8.47. The van der Waals surface area contributed by atoms with E-state index in [-0.39, 0.29) is 11.6 Å². The van der Waals surface area contributed by atoms with E-state index in [2.05, 4.69) is 20.7 Å². The molecule has 9 nitrogen and oxygen atoms in total. The van der Waals surface area contributed by atoms with Gasteiger partial charge in [0.1, 0.15) is 6.07 Å². The Morgan fingerprint density at radius 1 is 1.42 bits per heavy atom. The second-order valence-corrected chi connectivity index (χ2v) is 5.04. The third-order valence-electron chi connectivity index (χ3n) is 3.39. The molecule has 1 heterocycles. The largest absolute Gasteiger partial charge is 0.382 e. The van der Waals surface area contributed by atoms with Gasteiger partial charge in [0.05, 0.1) is 31.1 Å². The molecule has 0 radical (unpaired) electrons. The molecule has 1 amide bonds. The third kappa shape index (κ3) is 4.77. The van der Waals surface area contributed by atoms with Crippen LogP contribution in [0.15, 0.2) is 29.4 Å². The SMILES string of the molecule is N#C/C(=N\Nc1ccccc1C(=O)NCN1CCOCC1)C(=N)N. The van der Waals surface area contributed by atoms with Crippen molar-refractivity contribution in [1.29, 1.82) is 10.7 Å². The number of carbonyl (C=O) groups is 1. The first-order valence-electron chi connectivity index (χ1n) is 7.37. The number of hydrogen-bond acceptors (Lipinski definition) is 7. The molecule has 1 saturated heterocycles. The fourth-order valence-electron chi connectivity index (χ4n) is 2.08. The average Bonchev–Trinajstić information content (AvgIpc) is 2.61. The molecule has 0 saturated carbocycles. The lowest BCUT2D eigenvalue weighted by Gasteiger charge is -2.26. The molecule has 0 aromatic heterocycles. The standard InChI is InChI=1S/C15H19N7O2/c16-9-13(14(17)18)21-20-12-4-2-1-3-11(12)15(23)19-10-22-5-7-24-8-6-22/h1-4,20H,5-8,10H2,(H3,17,18)(H,19,23)/b21-13+. The number of rotatable bonds is 6. The summed E-state index contributed by atoms with van der Waals surface area (Å²) < 4.78 is 5.26. The molecule has 0 aliphatic carbocycles. The van der Waals surface area contributed by atoms with Crippen molar-refractivity contribution in [3.8, 4) is 6.07 Å². The van der Waals surface area contributed by atoms with Crippen LogP contribution in [-0.2, 0) is 4.74 Å². The second-order valence-electron chi connectivity index (χ2n) is 5.04. The Hall–Kier alpha value is -2.96. The van der Waals surface area contributed by atoms with Crippen LogP contribution in [0.1, 0.15) is 10.4 Å². The van der Waals surface area contributed by atoms with Crippen molar-refractivity contribution in [1.82, 2.24) is 10.2 Å². The van der Waals surface area contributed by atoms with Crippen LogP contribution >= 0.6 is 0 Å². The number of nitriles is 1. The van der Waals surface area contributed by atoms with Crippen molar-refractivity contribution < 1.29 is 9.53 Å². The van der Waals surface area contributed by atoms with Crippen molar-refractivity contribution in [2.45, 2.75) is 0 Å². The summed E-state index contributed by atoms with van der Waals surface area (Å²) in [4.78, 5) is 14.4. The zero-order valence-corrected chi connectivity index (χ0v) is 13.1. The Kier molecular flexibility index (Phi) is 6.24. The molecule has 1 aromatic rings. The van der Waals surface area contributed by atoms with Gasteiger partial charge in [0, 0.05) is 13.1 Å². The lowest BCUT2D eigenvalue weighted by Crippen LogP contribution is -2.43. The molecule has 1 aliphatic heterocycles. The number of morpholine rings is 1. The van der Waals surface area contributed by atoms with Gasteiger partial charge >= 0.3 is 0 Å². The van der Waals surface area contributed by atoms with E-state index < -0.39 is 5.84 Å². The zero-order chi connectivity index (χ0) is 17.4. The molecule has 126 valence electrons. The highest BCUT2D eigenvalue weighted by atomic mass is 16.5. The number of carbonyl (C=O) groups excluding carboxylic acids is 1. The Morgan fingerprint density at radius 2 is 2.12 bits per heavy atom. The predicted molar refractivity (Wildman–Crippen MR) is 89.8 cm³/mol. The number of nitrogens with one attached hydrogen (secondary N) is 3. The van der Waals surface area contributed by atoms with Crippen LogP contribution in [0.2, 0.25) is 0 Å². The Labute approximate surface area is 139 Å². The van der Waals surface area contributed by atoms with Gasteiger partial charge in [-0.05, 0) is 12.1 Å². The molecule has 2 rings (SSSR count). The normalized spacial score (nSPS) is 15.4. The first-order valence-corrected chi connectivity index (χ1v) is 7.37. The summed E-state index contributed by atoms with van der Waals surface area (Å²) >= 11 is 0. The summed E-state index contributed by atoms with van der Waals surface area (Å²) in [6.45, 7) is 3.29. The highest BCUT2D eigenvalue weighted by Gasteiger charge is 2.14. The van der Waals surface area contributed by atoms with Crippen LogP contribution in [0.25, 0.3) is 0 Å². The van der Waals surface area contributed by atoms with Crippen LogP contribution in [0, 0.1) is 16.7 Å². The second kappa shape index (κ2) is 8.61. The van der Waals surface area contributed by atoms with Gasteiger partial charge in [-0.1, -0.05) is 12.1 Å². The monoisotopic (exact) mass is 329 g/mol. The Balaban J connectivity index is 2.03. The zero-order valence-electron chi connectivity index (χ0n) is 13.1. The number of anilines is 1. The van der Waals surface area contributed by atoms with Gasteiger partial charge in [-0.2, -0.15) is 10.4 Å². The van der Waals surface area contributed by atoms with Crippen molar-refractivity contribution in [3.05, 3.63) is 29.8 Å². The van der Waals surface area contributed by atoms with Crippen molar-refractivity contribution in [2.75, 3.05) is 38.4 Å².